The Morgan fingerprint density at radius 2 is 1.92 bits per heavy atom. The Labute approximate surface area is 221 Å². The van der Waals surface area contributed by atoms with Crippen molar-refractivity contribution in [1.82, 2.24) is 15.7 Å². The zero-order chi connectivity index (χ0) is 28.3. The molecule has 0 fully saturated rings. The van der Waals surface area contributed by atoms with Crippen LogP contribution < -0.4 is 25.6 Å². The van der Waals surface area contributed by atoms with Gasteiger partial charge >= 0.3 is 0 Å². The van der Waals surface area contributed by atoms with E-state index in [0.29, 0.717) is 17.9 Å². The molecule has 0 aliphatic heterocycles. The Morgan fingerprint density at radius 1 is 1.18 bits per heavy atom. The number of unbranched alkanes of at least 4 members (excludes halogenated alkanes) is 2. The van der Waals surface area contributed by atoms with E-state index in [9.17, 15) is 33.9 Å². The minimum atomic E-state index is -4.82. The Kier molecular flexibility index (Phi) is 12.0. The van der Waals surface area contributed by atoms with Crippen molar-refractivity contribution in [3.63, 3.8) is 0 Å². The summed E-state index contributed by atoms with van der Waals surface area (Å²) in [7, 11) is -4.82. The van der Waals surface area contributed by atoms with Gasteiger partial charge in [0.05, 0.1) is 25.2 Å². The highest BCUT2D eigenvalue weighted by Gasteiger charge is 2.30. The van der Waals surface area contributed by atoms with Crippen molar-refractivity contribution in [1.29, 1.82) is 0 Å². The number of hydrogen-bond donors (Lipinski definition) is 4. The van der Waals surface area contributed by atoms with E-state index in [2.05, 4.69) is 10.6 Å². The van der Waals surface area contributed by atoms with Crippen LogP contribution in [0.2, 0.25) is 0 Å². The number of hydroxylamine groups is 2. The first-order chi connectivity index (χ1) is 18.0. The van der Waals surface area contributed by atoms with Crippen LogP contribution in [0.1, 0.15) is 63.4 Å². The predicted molar refractivity (Wildman–Crippen MR) is 137 cm³/mol. The molecule has 0 aliphatic rings. The van der Waals surface area contributed by atoms with Crippen LogP contribution in [0.5, 0.6) is 5.75 Å². The first-order valence-corrected chi connectivity index (χ1v) is 14.0. The van der Waals surface area contributed by atoms with Gasteiger partial charge in [0.1, 0.15) is 11.5 Å². The molecule has 3 amide bonds. The second kappa shape index (κ2) is 14.7. The number of furan rings is 1. The average molecular weight is 553 g/mol. The lowest BCUT2D eigenvalue weighted by molar-refractivity contribution is -0.188. The molecule has 0 aliphatic carbocycles. The summed E-state index contributed by atoms with van der Waals surface area (Å²) >= 11 is 0. The van der Waals surface area contributed by atoms with Gasteiger partial charge in [-0.2, -0.15) is 0 Å². The minimum Gasteiger partial charge on any atom is -0.775 e. The maximum absolute atomic E-state index is 12.8. The van der Waals surface area contributed by atoms with E-state index in [1.54, 1.807) is 13.8 Å². The highest BCUT2D eigenvalue weighted by atomic mass is 31.2. The Morgan fingerprint density at radius 3 is 2.53 bits per heavy atom. The Hall–Kier alpha value is -3.18. The number of nitrogens with zero attached hydrogens (tertiary/aromatic N) is 1. The van der Waals surface area contributed by atoms with Gasteiger partial charge in [0, 0.05) is 10.9 Å². The smallest absolute Gasteiger partial charge is 0.288 e. The standard InChI is InChI=1S/C25H36N3O9P/c1-4-7-8-9-20(21(5-2)28(32)16-29)24(30)26-15-27-25(31)23-11-10-22(37-23)17-12-18(36-6-3)14-19(13-17)38(33,34)35/h10-14,16,20-21,32H,4-9,15H2,1-3H3,(H,26,30)(H,27,31)(H2,33,34,35)/p-1/t20-,21-/m1/s1. The van der Waals surface area contributed by atoms with Crippen molar-refractivity contribution in [2.75, 3.05) is 13.3 Å². The van der Waals surface area contributed by atoms with E-state index in [4.69, 9.17) is 9.15 Å². The number of ether oxygens (including phenoxy) is 1. The number of benzene rings is 1. The Balaban J connectivity index is 2.08. The van der Waals surface area contributed by atoms with Crippen molar-refractivity contribution in [2.24, 2.45) is 5.92 Å². The number of rotatable bonds is 16. The summed E-state index contributed by atoms with van der Waals surface area (Å²) in [5.41, 5.74) is 0.271. The summed E-state index contributed by atoms with van der Waals surface area (Å²) in [5.74, 6) is -1.45. The lowest BCUT2D eigenvalue weighted by Crippen LogP contribution is -2.47. The van der Waals surface area contributed by atoms with Crippen LogP contribution in [0.15, 0.2) is 34.7 Å². The van der Waals surface area contributed by atoms with Gasteiger partial charge in [0.2, 0.25) is 12.3 Å². The first-order valence-electron chi connectivity index (χ1n) is 12.5. The molecule has 0 saturated carbocycles. The highest BCUT2D eigenvalue weighted by Crippen LogP contribution is 2.33. The summed E-state index contributed by atoms with van der Waals surface area (Å²) in [6.07, 6.45) is 3.68. The summed E-state index contributed by atoms with van der Waals surface area (Å²) in [4.78, 5) is 57.6. The number of carbonyl (C=O) groups is 3. The summed E-state index contributed by atoms with van der Waals surface area (Å²) in [6.45, 7) is 5.54. The average Bonchev–Trinajstić information content (AvgIpc) is 3.38. The zero-order valence-corrected chi connectivity index (χ0v) is 22.6. The molecule has 38 heavy (non-hydrogen) atoms. The number of carbonyl (C=O) groups excluding carboxylic acids is 3. The predicted octanol–water partition coefficient (Wildman–Crippen LogP) is 2.14. The fourth-order valence-electron chi connectivity index (χ4n) is 4.03. The van der Waals surface area contributed by atoms with Gasteiger partial charge < -0.3 is 34.1 Å². The largest absolute Gasteiger partial charge is 0.775 e. The normalized spacial score (nSPS) is 14.2. The SMILES string of the molecule is CCCCC[C@@H](C(=O)NCNC(=O)c1ccc(-c2cc(OCC)cc(P(=O)([O-])O)c2)o1)[C@@H](CC)N(O)C=O. The molecule has 12 nitrogen and oxygen atoms in total. The van der Waals surface area contributed by atoms with E-state index < -0.39 is 31.4 Å². The molecule has 210 valence electrons. The second-order valence-corrected chi connectivity index (χ2v) is 10.2. The monoisotopic (exact) mass is 552 g/mol. The molecule has 2 rings (SSSR count). The molecule has 0 radical (unpaired) electrons. The summed E-state index contributed by atoms with van der Waals surface area (Å²) < 4.78 is 22.6. The zero-order valence-electron chi connectivity index (χ0n) is 21.7. The second-order valence-electron chi connectivity index (χ2n) is 8.62. The van der Waals surface area contributed by atoms with Gasteiger partial charge in [-0.1, -0.05) is 33.1 Å². The molecule has 1 heterocycles. The third-order valence-electron chi connectivity index (χ3n) is 5.94. The molecule has 1 aromatic heterocycles. The number of hydrogen-bond acceptors (Lipinski definition) is 8. The fraction of sp³-hybridized carbons (Fsp3) is 0.480. The summed E-state index contributed by atoms with van der Waals surface area (Å²) in [6, 6.07) is 6.03. The van der Waals surface area contributed by atoms with Gasteiger partial charge in [-0.05, 0) is 50.1 Å². The van der Waals surface area contributed by atoms with Crippen LogP contribution in [-0.4, -0.2) is 52.7 Å². The molecular weight excluding hydrogens is 517 g/mol. The van der Waals surface area contributed by atoms with Gasteiger partial charge in [-0.25, -0.2) is 5.06 Å². The van der Waals surface area contributed by atoms with E-state index >= 15 is 0 Å². The van der Waals surface area contributed by atoms with Gasteiger partial charge in [0.15, 0.2) is 13.4 Å². The number of amides is 3. The quantitative estimate of drug-likeness (QED) is 0.0605. The molecule has 4 N–H and O–H groups in total. The topological polar surface area (TPSA) is 181 Å². The van der Waals surface area contributed by atoms with Crippen molar-refractivity contribution >= 4 is 31.1 Å². The molecule has 0 saturated heterocycles. The lowest BCUT2D eigenvalue weighted by Gasteiger charge is -2.29. The third kappa shape index (κ3) is 8.70. The van der Waals surface area contributed by atoms with Crippen molar-refractivity contribution in [2.45, 2.75) is 58.9 Å². The minimum absolute atomic E-state index is 0.0969. The third-order valence-corrected chi connectivity index (χ3v) is 6.85. The van der Waals surface area contributed by atoms with Crippen molar-refractivity contribution in [3.05, 3.63) is 36.1 Å². The van der Waals surface area contributed by atoms with Crippen LogP contribution in [0.3, 0.4) is 0 Å². The van der Waals surface area contributed by atoms with Gasteiger partial charge in [-0.15, -0.1) is 0 Å². The summed E-state index contributed by atoms with van der Waals surface area (Å²) in [5, 5.41) is 15.2. The van der Waals surface area contributed by atoms with E-state index in [1.807, 2.05) is 6.92 Å². The maximum Gasteiger partial charge on any atom is 0.288 e. The van der Waals surface area contributed by atoms with Crippen LogP contribution in [0, 0.1) is 5.92 Å². The highest BCUT2D eigenvalue weighted by molar-refractivity contribution is 7.58. The first kappa shape index (κ1) is 31.0. The lowest BCUT2D eigenvalue weighted by atomic mass is 9.90. The molecule has 0 spiro atoms. The van der Waals surface area contributed by atoms with Crippen LogP contribution in [0.4, 0.5) is 0 Å². The maximum atomic E-state index is 12.8. The van der Waals surface area contributed by atoms with Crippen LogP contribution >= 0.6 is 7.60 Å². The molecule has 2 aromatic rings. The van der Waals surface area contributed by atoms with Crippen LogP contribution in [-0.2, 0) is 14.2 Å². The van der Waals surface area contributed by atoms with Gasteiger partial charge in [-0.3, -0.25) is 19.6 Å². The molecule has 1 unspecified atom stereocenters. The van der Waals surface area contributed by atoms with E-state index in [-0.39, 0.29) is 47.8 Å². The number of nitrogens with one attached hydrogen (secondary N) is 2. The van der Waals surface area contributed by atoms with Crippen LogP contribution in [0.25, 0.3) is 11.3 Å². The molecule has 3 atom stereocenters. The van der Waals surface area contributed by atoms with E-state index in [1.165, 1.54) is 30.3 Å². The fourth-order valence-corrected chi connectivity index (χ4v) is 4.62. The molecule has 0 bridgehead atoms. The molecular formula is C25H35N3O9P-. The Bertz CT molecular complexity index is 1130. The molecule has 1 aromatic carbocycles. The van der Waals surface area contributed by atoms with Crippen molar-refractivity contribution in [3.8, 4) is 17.1 Å². The van der Waals surface area contributed by atoms with E-state index in [0.717, 1.165) is 19.3 Å². The van der Waals surface area contributed by atoms with Gasteiger partial charge in [0.25, 0.3) is 5.91 Å². The molecule has 13 heteroatoms. The van der Waals surface area contributed by atoms with Crippen molar-refractivity contribution < 1.29 is 43.1 Å².